The molecular formula is C22H27F3N2O4. The molecule has 0 aliphatic rings. The van der Waals surface area contributed by atoms with Crippen LogP contribution in [0.5, 0.6) is 5.75 Å². The number of rotatable bonds is 11. The fourth-order valence-corrected chi connectivity index (χ4v) is 2.87. The van der Waals surface area contributed by atoms with Crippen molar-refractivity contribution in [1.29, 1.82) is 0 Å². The summed E-state index contributed by atoms with van der Waals surface area (Å²) in [6.45, 7) is 4.83. The average molecular weight is 440 g/mol. The lowest BCUT2D eigenvalue weighted by molar-refractivity contribution is -0.274. The van der Waals surface area contributed by atoms with Crippen molar-refractivity contribution in [1.82, 2.24) is 4.90 Å². The summed E-state index contributed by atoms with van der Waals surface area (Å²) in [5.41, 5.74) is 0.935. The Balaban J connectivity index is 2.16. The van der Waals surface area contributed by atoms with Crippen LogP contribution in [0.3, 0.4) is 0 Å². The SMILES string of the molecule is CCOC(CN(CCc1ccccc1)C(=O)Nc1ccccc1OC(F)(F)F)OCC. The number of ether oxygens (including phenoxy) is 3. The molecule has 2 rings (SSSR count). The lowest BCUT2D eigenvalue weighted by Crippen LogP contribution is -2.43. The number of carbonyl (C=O) groups excluding carboxylic acids is 1. The van der Waals surface area contributed by atoms with Crippen LogP contribution >= 0.6 is 0 Å². The minimum absolute atomic E-state index is 0.0843. The zero-order valence-electron chi connectivity index (χ0n) is 17.5. The van der Waals surface area contributed by atoms with Crippen LogP contribution in [0, 0.1) is 0 Å². The van der Waals surface area contributed by atoms with Gasteiger partial charge in [0.25, 0.3) is 0 Å². The Labute approximate surface area is 179 Å². The molecule has 0 saturated heterocycles. The molecule has 2 aromatic rings. The molecule has 0 bridgehead atoms. The first-order valence-electron chi connectivity index (χ1n) is 10.00. The second-order valence-electron chi connectivity index (χ2n) is 6.50. The summed E-state index contributed by atoms with van der Waals surface area (Å²) in [7, 11) is 0. The summed E-state index contributed by atoms with van der Waals surface area (Å²) in [5, 5.41) is 2.51. The van der Waals surface area contributed by atoms with Crippen LogP contribution in [0.15, 0.2) is 54.6 Å². The number of nitrogens with zero attached hydrogens (tertiary/aromatic N) is 1. The van der Waals surface area contributed by atoms with Gasteiger partial charge in [-0.15, -0.1) is 13.2 Å². The van der Waals surface area contributed by atoms with Crippen LogP contribution in [0.2, 0.25) is 0 Å². The number of alkyl halides is 3. The number of urea groups is 1. The second-order valence-corrected chi connectivity index (χ2v) is 6.50. The number of nitrogens with one attached hydrogen (secondary N) is 1. The summed E-state index contributed by atoms with van der Waals surface area (Å²) < 4.78 is 53.2. The lowest BCUT2D eigenvalue weighted by Gasteiger charge is -2.28. The van der Waals surface area contributed by atoms with Gasteiger partial charge in [0.1, 0.15) is 0 Å². The molecule has 6 nitrogen and oxygen atoms in total. The normalized spacial score (nSPS) is 11.4. The van der Waals surface area contributed by atoms with Crippen molar-refractivity contribution in [2.75, 3.05) is 31.6 Å². The van der Waals surface area contributed by atoms with Crippen molar-refractivity contribution < 1.29 is 32.2 Å². The van der Waals surface area contributed by atoms with Gasteiger partial charge in [-0.05, 0) is 38.0 Å². The molecule has 0 fully saturated rings. The van der Waals surface area contributed by atoms with Gasteiger partial charge < -0.3 is 24.4 Å². The molecule has 0 atom stereocenters. The molecule has 0 saturated carbocycles. The van der Waals surface area contributed by atoms with Crippen molar-refractivity contribution in [3.63, 3.8) is 0 Å². The van der Waals surface area contributed by atoms with E-state index in [0.717, 1.165) is 11.6 Å². The minimum Gasteiger partial charge on any atom is -0.404 e. The van der Waals surface area contributed by atoms with E-state index in [1.807, 2.05) is 44.2 Å². The Hall–Kier alpha value is -2.78. The number of anilines is 1. The molecule has 2 amide bonds. The largest absolute Gasteiger partial charge is 0.573 e. The van der Waals surface area contributed by atoms with Gasteiger partial charge in [0.15, 0.2) is 12.0 Å². The van der Waals surface area contributed by atoms with E-state index in [4.69, 9.17) is 9.47 Å². The first-order valence-corrected chi connectivity index (χ1v) is 10.00. The smallest absolute Gasteiger partial charge is 0.404 e. The fraction of sp³-hybridized carbons (Fsp3) is 0.409. The van der Waals surface area contributed by atoms with Crippen LogP contribution < -0.4 is 10.1 Å². The highest BCUT2D eigenvalue weighted by atomic mass is 19.4. The first-order chi connectivity index (χ1) is 14.8. The number of hydrogen-bond acceptors (Lipinski definition) is 4. The van der Waals surface area contributed by atoms with E-state index in [0.29, 0.717) is 26.2 Å². The number of halogens is 3. The Morgan fingerprint density at radius 1 is 1.00 bits per heavy atom. The third-order valence-electron chi connectivity index (χ3n) is 4.23. The second kappa shape index (κ2) is 12.2. The van der Waals surface area contributed by atoms with E-state index in [1.54, 1.807) is 0 Å². The van der Waals surface area contributed by atoms with Crippen LogP contribution in [0.1, 0.15) is 19.4 Å². The van der Waals surface area contributed by atoms with Crippen LogP contribution in [-0.2, 0) is 15.9 Å². The van der Waals surface area contributed by atoms with E-state index >= 15 is 0 Å². The van der Waals surface area contributed by atoms with Crippen molar-refractivity contribution in [3.8, 4) is 5.75 Å². The van der Waals surface area contributed by atoms with Crippen LogP contribution in [0.25, 0.3) is 0 Å². The molecule has 0 aliphatic carbocycles. The summed E-state index contributed by atoms with van der Waals surface area (Å²) in [4.78, 5) is 14.4. The Kier molecular flexibility index (Phi) is 9.61. The number of benzene rings is 2. The summed E-state index contributed by atoms with van der Waals surface area (Å²) in [5.74, 6) is -0.488. The molecule has 1 N–H and O–H groups in total. The molecule has 2 aromatic carbocycles. The molecule has 0 spiro atoms. The molecule has 0 heterocycles. The zero-order chi connectivity index (χ0) is 22.7. The third-order valence-corrected chi connectivity index (χ3v) is 4.23. The van der Waals surface area contributed by atoms with Gasteiger partial charge >= 0.3 is 12.4 Å². The Bertz CT molecular complexity index is 797. The summed E-state index contributed by atoms with van der Waals surface area (Å²) >= 11 is 0. The number of para-hydroxylation sites is 2. The Morgan fingerprint density at radius 3 is 2.23 bits per heavy atom. The van der Waals surface area contributed by atoms with Gasteiger partial charge in [-0.1, -0.05) is 42.5 Å². The highest BCUT2D eigenvalue weighted by Crippen LogP contribution is 2.30. The van der Waals surface area contributed by atoms with E-state index < -0.39 is 24.4 Å². The summed E-state index contributed by atoms with van der Waals surface area (Å²) in [6.07, 6.45) is -4.97. The van der Waals surface area contributed by atoms with Crippen molar-refractivity contribution >= 4 is 11.7 Å². The molecular weight excluding hydrogens is 413 g/mol. The predicted octanol–water partition coefficient (Wildman–Crippen LogP) is 5.06. The number of amides is 2. The predicted molar refractivity (Wildman–Crippen MR) is 111 cm³/mol. The van der Waals surface area contributed by atoms with Gasteiger partial charge in [-0.2, -0.15) is 0 Å². The maximum absolute atomic E-state index is 13.0. The third kappa shape index (κ3) is 8.85. The van der Waals surface area contributed by atoms with Gasteiger partial charge in [0.2, 0.25) is 0 Å². The topological polar surface area (TPSA) is 60.0 Å². The van der Waals surface area contributed by atoms with E-state index in [2.05, 4.69) is 10.1 Å². The molecule has 9 heteroatoms. The van der Waals surface area contributed by atoms with Crippen molar-refractivity contribution in [3.05, 3.63) is 60.2 Å². The molecule has 0 radical (unpaired) electrons. The maximum Gasteiger partial charge on any atom is 0.573 e. The monoisotopic (exact) mass is 440 g/mol. The molecule has 0 aliphatic heterocycles. The van der Waals surface area contributed by atoms with E-state index in [1.165, 1.54) is 23.1 Å². The quantitative estimate of drug-likeness (QED) is 0.496. The molecule has 0 aromatic heterocycles. The lowest BCUT2D eigenvalue weighted by atomic mass is 10.1. The highest BCUT2D eigenvalue weighted by molar-refractivity contribution is 5.91. The summed E-state index contributed by atoms with van der Waals surface area (Å²) in [6, 6.07) is 14.4. The van der Waals surface area contributed by atoms with Crippen molar-refractivity contribution in [2.45, 2.75) is 32.9 Å². The van der Waals surface area contributed by atoms with Crippen molar-refractivity contribution in [2.24, 2.45) is 0 Å². The fourth-order valence-electron chi connectivity index (χ4n) is 2.87. The molecule has 31 heavy (non-hydrogen) atoms. The van der Waals surface area contributed by atoms with E-state index in [9.17, 15) is 18.0 Å². The minimum atomic E-state index is -4.87. The average Bonchev–Trinajstić information content (AvgIpc) is 2.72. The van der Waals surface area contributed by atoms with Crippen LogP contribution in [0.4, 0.5) is 23.7 Å². The van der Waals surface area contributed by atoms with Gasteiger partial charge in [-0.3, -0.25) is 0 Å². The Morgan fingerprint density at radius 2 is 1.61 bits per heavy atom. The first kappa shape index (κ1) is 24.5. The molecule has 170 valence electrons. The van der Waals surface area contributed by atoms with Gasteiger partial charge in [-0.25, -0.2) is 4.79 Å². The highest BCUT2D eigenvalue weighted by Gasteiger charge is 2.32. The number of hydrogen-bond donors (Lipinski definition) is 1. The number of carbonyl (C=O) groups is 1. The standard InChI is InChI=1S/C22H27F3N2O4/c1-3-29-20(30-4-2)16-27(15-14-17-10-6-5-7-11-17)21(28)26-18-12-8-9-13-19(18)31-22(23,24)25/h5-13,20H,3-4,14-16H2,1-2H3,(H,26,28). The molecule has 0 unspecified atom stereocenters. The maximum atomic E-state index is 13.0. The van der Waals surface area contributed by atoms with Gasteiger partial charge in [0.05, 0.1) is 12.2 Å². The van der Waals surface area contributed by atoms with Crippen LogP contribution in [-0.4, -0.2) is 49.9 Å². The van der Waals surface area contributed by atoms with Gasteiger partial charge in [0, 0.05) is 19.8 Å². The zero-order valence-corrected chi connectivity index (χ0v) is 17.5. The van der Waals surface area contributed by atoms with E-state index in [-0.39, 0.29) is 12.2 Å².